The lowest BCUT2D eigenvalue weighted by Gasteiger charge is -2.12. The van der Waals surface area contributed by atoms with Gasteiger partial charge in [-0.1, -0.05) is 18.2 Å². The van der Waals surface area contributed by atoms with Gasteiger partial charge in [-0.2, -0.15) is 0 Å². The van der Waals surface area contributed by atoms with Crippen LogP contribution in [0.1, 0.15) is 33.9 Å². The van der Waals surface area contributed by atoms with Crippen LogP contribution in [0.2, 0.25) is 0 Å². The molecule has 1 unspecified atom stereocenters. The lowest BCUT2D eigenvalue weighted by atomic mass is 10.1. The molecule has 0 bridgehead atoms. The van der Waals surface area contributed by atoms with Gasteiger partial charge in [0.15, 0.2) is 0 Å². The molecule has 0 aliphatic heterocycles. The fourth-order valence-electron chi connectivity index (χ4n) is 1.68. The average molecular weight is 262 g/mol. The second-order valence-electron chi connectivity index (χ2n) is 3.94. The first kappa shape index (κ1) is 12.7. The third kappa shape index (κ3) is 2.94. The Balaban J connectivity index is 2.04. The standard InChI is InChI=1S/C13H14N2O2S/c1-9(12-14-6-7-18-12)15-8-10-4-2-3-5-11(10)13(16)17/h2-7,9,15H,8H2,1H3,(H,16,17). The molecule has 0 spiro atoms. The Morgan fingerprint density at radius 2 is 2.28 bits per heavy atom. The maximum Gasteiger partial charge on any atom is 0.336 e. The van der Waals surface area contributed by atoms with E-state index in [2.05, 4.69) is 10.3 Å². The van der Waals surface area contributed by atoms with E-state index in [1.165, 1.54) is 0 Å². The van der Waals surface area contributed by atoms with Crippen molar-refractivity contribution < 1.29 is 9.90 Å². The smallest absolute Gasteiger partial charge is 0.336 e. The molecular formula is C13H14N2O2S. The van der Waals surface area contributed by atoms with Crippen LogP contribution in [0.4, 0.5) is 0 Å². The lowest BCUT2D eigenvalue weighted by molar-refractivity contribution is 0.0695. The van der Waals surface area contributed by atoms with E-state index in [-0.39, 0.29) is 6.04 Å². The largest absolute Gasteiger partial charge is 0.478 e. The molecule has 0 radical (unpaired) electrons. The monoisotopic (exact) mass is 262 g/mol. The molecule has 4 nitrogen and oxygen atoms in total. The van der Waals surface area contributed by atoms with E-state index in [1.807, 2.05) is 24.4 Å². The number of rotatable bonds is 5. The zero-order valence-corrected chi connectivity index (χ0v) is 10.8. The predicted molar refractivity (Wildman–Crippen MR) is 70.8 cm³/mol. The summed E-state index contributed by atoms with van der Waals surface area (Å²) >= 11 is 1.59. The van der Waals surface area contributed by atoms with E-state index in [4.69, 9.17) is 5.11 Å². The second-order valence-corrected chi connectivity index (χ2v) is 4.86. The molecule has 1 aromatic heterocycles. The van der Waals surface area contributed by atoms with Crippen LogP contribution in [0.5, 0.6) is 0 Å². The van der Waals surface area contributed by atoms with Gasteiger partial charge in [0.05, 0.1) is 11.6 Å². The summed E-state index contributed by atoms with van der Waals surface area (Å²) in [4.78, 5) is 15.3. The van der Waals surface area contributed by atoms with E-state index in [1.54, 1.807) is 29.7 Å². The lowest BCUT2D eigenvalue weighted by Crippen LogP contribution is -2.19. The highest BCUT2D eigenvalue weighted by Gasteiger charge is 2.11. The number of carboxylic acid groups (broad SMARTS) is 1. The summed E-state index contributed by atoms with van der Waals surface area (Å²) in [5, 5.41) is 15.3. The van der Waals surface area contributed by atoms with Crippen LogP contribution in [0.25, 0.3) is 0 Å². The van der Waals surface area contributed by atoms with Gasteiger partial charge in [0.2, 0.25) is 0 Å². The first-order valence-electron chi connectivity index (χ1n) is 5.62. The third-order valence-corrected chi connectivity index (χ3v) is 3.63. The van der Waals surface area contributed by atoms with E-state index >= 15 is 0 Å². The number of hydrogen-bond acceptors (Lipinski definition) is 4. The van der Waals surface area contributed by atoms with E-state index in [0.717, 1.165) is 10.6 Å². The summed E-state index contributed by atoms with van der Waals surface area (Å²) in [7, 11) is 0. The van der Waals surface area contributed by atoms with Crippen molar-refractivity contribution in [3.05, 3.63) is 52.0 Å². The van der Waals surface area contributed by atoms with Crippen molar-refractivity contribution in [2.75, 3.05) is 0 Å². The molecule has 0 amide bonds. The number of hydrogen-bond donors (Lipinski definition) is 2. The van der Waals surface area contributed by atoms with Gasteiger partial charge in [-0.3, -0.25) is 0 Å². The van der Waals surface area contributed by atoms with Crippen LogP contribution in [0.15, 0.2) is 35.8 Å². The van der Waals surface area contributed by atoms with Crippen LogP contribution in [-0.4, -0.2) is 16.1 Å². The Kier molecular flexibility index (Phi) is 4.07. The van der Waals surface area contributed by atoms with Crippen molar-refractivity contribution in [3.63, 3.8) is 0 Å². The molecule has 0 saturated heterocycles. The van der Waals surface area contributed by atoms with Gasteiger partial charge >= 0.3 is 5.97 Å². The average Bonchev–Trinajstić information content (AvgIpc) is 2.90. The highest BCUT2D eigenvalue weighted by molar-refractivity contribution is 7.09. The fourth-order valence-corrected chi connectivity index (χ4v) is 2.35. The summed E-state index contributed by atoms with van der Waals surface area (Å²) < 4.78 is 0. The Morgan fingerprint density at radius 3 is 2.94 bits per heavy atom. The number of carbonyl (C=O) groups is 1. The molecule has 2 rings (SSSR count). The minimum absolute atomic E-state index is 0.117. The molecule has 2 N–H and O–H groups in total. The molecule has 94 valence electrons. The Labute approximate surface area is 109 Å². The van der Waals surface area contributed by atoms with Crippen molar-refractivity contribution in [2.24, 2.45) is 0 Å². The minimum atomic E-state index is -0.894. The molecule has 0 fully saturated rings. The molecule has 0 saturated carbocycles. The minimum Gasteiger partial charge on any atom is -0.478 e. The van der Waals surface area contributed by atoms with Crippen LogP contribution in [-0.2, 0) is 6.54 Å². The number of thiazole rings is 1. The van der Waals surface area contributed by atoms with E-state index in [9.17, 15) is 4.79 Å². The second kappa shape index (κ2) is 5.75. The Hall–Kier alpha value is -1.72. The molecule has 0 aliphatic rings. The van der Waals surface area contributed by atoms with E-state index < -0.39 is 5.97 Å². The molecular weight excluding hydrogens is 248 g/mol. The zero-order valence-electron chi connectivity index (χ0n) is 9.96. The first-order chi connectivity index (χ1) is 8.68. The van der Waals surface area contributed by atoms with E-state index in [0.29, 0.717) is 12.1 Å². The summed E-state index contributed by atoms with van der Waals surface area (Å²) in [6.45, 7) is 2.53. The summed E-state index contributed by atoms with van der Waals surface area (Å²) in [6, 6.07) is 7.14. The third-order valence-electron chi connectivity index (χ3n) is 2.67. The number of nitrogens with one attached hydrogen (secondary N) is 1. The number of aromatic nitrogens is 1. The van der Waals surface area contributed by atoms with Crippen molar-refractivity contribution in [1.82, 2.24) is 10.3 Å². The highest BCUT2D eigenvalue weighted by atomic mass is 32.1. The molecule has 2 aromatic rings. The van der Waals surface area contributed by atoms with Crippen molar-refractivity contribution in [3.8, 4) is 0 Å². The molecule has 0 aliphatic carbocycles. The van der Waals surface area contributed by atoms with Gasteiger partial charge in [-0.15, -0.1) is 11.3 Å². The van der Waals surface area contributed by atoms with Gasteiger partial charge in [-0.25, -0.2) is 9.78 Å². The molecule has 1 atom stereocenters. The van der Waals surface area contributed by atoms with Gasteiger partial charge in [-0.05, 0) is 18.6 Å². The quantitative estimate of drug-likeness (QED) is 0.869. The maximum atomic E-state index is 11.1. The van der Waals surface area contributed by atoms with Crippen molar-refractivity contribution >= 4 is 17.3 Å². The Morgan fingerprint density at radius 1 is 1.50 bits per heavy atom. The number of carboxylic acids is 1. The fraction of sp³-hybridized carbons (Fsp3) is 0.231. The molecule has 18 heavy (non-hydrogen) atoms. The maximum absolute atomic E-state index is 11.1. The highest BCUT2D eigenvalue weighted by Crippen LogP contribution is 2.16. The summed E-state index contributed by atoms with van der Waals surface area (Å²) in [5.41, 5.74) is 1.13. The summed E-state index contributed by atoms with van der Waals surface area (Å²) in [5.74, 6) is -0.894. The zero-order chi connectivity index (χ0) is 13.0. The number of nitrogens with zero attached hydrogens (tertiary/aromatic N) is 1. The molecule has 5 heteroatoms. The predicted octanol–water partition coefficient (Wildman–Crippen LogP) is 2.69. The normalized spacial score (nSPS) is 12.3. The van der Waals surface area contributed by atoms with Gasteiger partial charge < -0.3 is 10.4 Å². The van der Waals surface area contributed by atoms with Gasteiger partial charge in [0, 0.05) is 18.1 Å². The van der Waals surface area contributed by atoms with Crippen LogP contribution >= 0.6 is 11.3 Å². The summed E-state index contributed by atoms with van der Waals surface area (Å²) in [6.07, 6.45) is 1.77. The Bertz CT molecular complexity index is 526. The van der Waals surface area contributed by atoms with Crippen molar-refractivity contribution in [2.45, 2.75) is 19.5 Å². The van der Waals surface area contributed by atoms with Crippen LogP contribution in [0, 0.1) is 0 Å². The van der Waals surface area contributed by atoms with Crippen LogP contribution in [0.3, 0.4) is 0 Å². The van der Waals surface area contributed by atoms with Gasteiger partial charge in [0.1, 0.15) is 5.01 Å². The molecule has 1 heterocycles. The first-order valence-corrected chi connectivity index (χ1v) is 6.50. The number of aromatic carboxylic acids is 1. The van der Waals surface area contributed by atoms with Gasteiger partial charge in [0.25, 0.3) is 0 Å². The number of benzene rings is 1. The SMILES string of the molecule is CC(NCc1ccccc1C(=O)O)c1nccs1. The van der Waals surface area contributed by atoms with Crippen LogP contribution < -0.4 is 5.32 Å². The topological polar surface area (TPSA) is 62.2 Å². The van der Waals surface area contributed by atoms with Crippen molar-refractivity contribution in [1.29, 1.82) is 0 Å². The molecule has 1 aromatic carbocycles.